The van der Waals surface area contributed by atoms with Crippen molar-refractivity contribution in [3.8, 4) is 29.5 Å². The summed E-state index contributed by atoms with van der Waals surface area (Å²) in [5, 5.41) is 29.1. The van der Waals surface area contributed by atoms with Crippen molar-refractivity contribution in [2.75, 3.05) is 5.32 Å². The van der Waals surface area contributed by atoms with Crippen molar-refractivity contribution >= 4 is 28.8 Å². The van der Waals surface area contributed by atoms with Gasteiger partial charge in [0, 0.05) is 5.41 Å². The largest absolute Gasteiger partial charge is 0.478 e. The van der Waals surface area contributed by atoms with Gasteiger partial charge in [-0.25, -0.2) is 9.78 Å². The first-order valence-electron chi connectivity index (χ1n) is 10.7. The van der Waals surface area contributed by atoms with Crippen molar-refractivity contribution in [3.05, 3.63) is 59.4 Å². The minimum Gasteiger partial charge on any atom is -0.478 e. The summed E-state index contributed by atoms with van der Waals surface area (Å²) in [5.41, 5.74) is 6.09. The van der Waals surface area contributed by atoms with Crippen molar-refractivity contribution in [1.29, 1.82) is 10.7 Å². The van der Waals surface area contributed by atoms with Gasteiger partial charge in [-0.3, -0.25) is 5.41 Å². The number of carboxylic acids is 1. The Labute approximate surface area is 205 Å². The number of aromatic nitrogens is 4. The number of hydrogen-bond acceptors (Lipinski definition) is 8. The quantitative estimate of drug-likeness (QED) is 0.195. The lowest BCUT2D eigenvalue weighted by Gasteiger charge is -2.13. The van der Waals surface area contributed by atoms with Gasteiger partial charge in [-0.15, -0.1) is 0 Å². The fraction of sp³-hybridized carbons (Fsp3) is 0.167. The van der Waals surface area contributed by atoms with Gasteiger partial charge in [0.15, 0.2) is 22.9 Å². The van der Waals surface area contributed by atoms with E-state index in [9.17, 15) is 15.2 Å². The Kier molecular flexibility index (Phi) is 6.14. The number of hydrogen-bond donors (Lipinski definition) is 5. The molecule has 0 saturated heterocycles. The summed E-state index contributed by atoms with van der Waals surface area (Å²) in [6, 6.07) is 12.5. The first-order chi connectivity index (χ1) is 17.0. The van der Waals surface area contributed by atoms with Crippen LogP contribution in [0.3, 0.4) is 0 Å². The number of nitriles is 1. The second kappa shape index (κ2) is 9.22. The predicted molar refractivity (Wildman–Crippen MR) is 131 cm³/mol. The van der Waals surface area contributed by atoms with E-state index < -0.39 is 5.97 Å². The summed E-state index contributed by atoms with van der Waals surface area (Å²) in [6.45, 7) is 5.87. The molecule has 0 radical (unpaired) electrons. The van der Waals surface area contributed by atoms with E-state index in [0.717, 1.165) is 0 Å². The van der Waals surface area contributed by atoms with E-state index in [-0.39, 0.29) is 51.4 Å². The molecule has 6 N–H and O–H groups in total. The maximum atomic E-state index is 11.8. The number of aromatic carboxylic acids is 1. The lowest BCUT2D eigenvalue weighted by molar-refractivity contribution is 0.0694. The first-order valence-corrected chi connectivity index (χ1v) is 10.7. The number of ether oxygens (including phenoxy) is 2. The van der Waals surface area contributed by atoms with Gasteiger partial charge in [-0.1, -0.05) is 32.9 Å². The van der Waals surface area contributed by atoms with Gasteiger partial charge in [-0.05, 0) is 30.3 Å². The molecule has 4 rings (SSSR count). The van der Waals surface area contributed by atoms with Gasteiger partial charge in [0.1, 0.15) is 17.1 Å². The smallest absolute Gasteiger partial charge is 0.339 e. The molecule has 36 heavy (non-hydrogen) atoms. The Bertz CT molecular complexity index is 1530. The SMILES string of the molecule is CC(C)(C)c1nc2c(Oc3cc(C#N)ccc3C(=O)O)nc(Oc3ccccc3NC(=N)N)nc2[nH]1. The van der Waals surface area contributed by atoms with Crippen molar-refractivity contribution in [2.45, 2.75) is 26.2 Å². The summed E-state index contributed by atoms with van der Waals surface area (Å²) in [6.07, 6.45) is 0. The molecular formula is C24H22N8O4. The zero-order valence-electron chi connectivity index (χ0n) is 19.6. The zero-order valence-corrected chi connectivity index (χ0v) is 19.6. The zero-order chi connectivity index (χ0) is 26.0. The van der Waals surface area contributed by atoms with Crippen LogP contribution in [0.2, 0.25) is 0 Å². The highest BCUT2D eigenvalue weighted by Crippen LogP contribution is 2.35. The van der Waals surface area contributed by atoms with Gasteiger partial charge < -0.3 is 30.6 Å². The number of carbonyl (C=O) groups is 1. The number of anilines is 1. The maximum Gasteiger partial charge on any atom is 0.339 e. The lowest BCUT2D eigenvalue weighted by atomic mass is 9.96. The molecule has 2 aromatic heterocycles. The van der Waals surface area contributed by atoms with E-state index in [1.54, 1.807) is 24.3 Å². The highest BCUT2D eigenvalue weighted by molar-refractivity contribution is 5.92. The number of nitrogens with zero attached hydrogens (tertiary/aromatic N) is 4. The third kappa shape index (κ3) is 5.00. The molecular weight excluding hydrogens is 464 g/mol. The summed E-state index contributed by atoms with van der Waals surface area (Å²) in [7, 11) is 0. The van der Waals surface area contributed by atoms with Gasteiger partial charge in [-0.2, -0.15) is 15.2 Å². The Balaban J connectivity index is 1.85. The predicted octanol–water partition coefficient (Wildman–Crippen LogP) is 4.11. The van der Waals surface area contributed by atoms with Crippen LogP contribution in [0.5, 0.6) is 23.4 Å². The summed E-state index contributed by atoms with van der Waals surface area (Å²) >= 11 is 0. The number of H-pyrrole nitrogens is 1. The molecule has 0 atom stereocenters. The molecule has 0 amide bonds. The Morgan fingerprint density at radius 3 is 2.56 bits per heavy atom. The van der Waals surface area contributed by atoms with E-state index >= 15 is 0 Å². The number of aromatic amines is 1. The van der Waals surface area contributed by atoms with Crippen LogP contribution in [0, 0.1) is 16.7 Å². The van der Waals surface area contributed by atoms with E-state index in [1.807, 2.05) is 26.8 Å². The normalized spacial score (nSPS) is 11.1. The fourth-order valence-electron chi connectivity index (χ4n) is 3.19. The molecule has 0 aliphatic rings. The monoisotopic (exact) mass is 486 g/mol. The third-order valence-corrected chi connectivity index (χ3v) is 4.91. The number of rotatable bonds is 6. The molecule has 0 spiro atoms. The van der Waals surface area contributed by atoms with Crippen LogP contribution >= 0.6 is 0 Å². The number of carboxylic acid groups (broad SMARTS) is 1. The summed E-state index contributed by atoms with van der Waals surface area (Å²) in [5.74, 6) is -0.808. The number of guanidine groups is 1. The van der Waals surface area contributed by atoms with E-state index in [4.69, 9.17) is 20.6 Å². The van der Waals surface area contributed by atoms with Crippen molar-refractivity contribution in [1.82, 2.24) is 19.9 Å². The second-order valence-corrected chi connectivity index (χ2v) is 8.71. The van der Waals surface area contributed by atoms with E-state index in [1.165, 1.54) is 18.2 Å². The molecule has 2 aromatic carbocycles. The van der Waals surface area contributed by atoms with Gasteiger partial charge in [0.2, 0.25) is 0 Å². The maximum absolute atomic E-state index is 11.8. The van der Waals surface area contributed by atoms with Crippen molar-refractivity contribution in [2.24, 2.45) is 5.73 Å². The van der Waals surface area contributed by atoms with Crippen LogP contribution in [-0.4, -0.2) is 37.0 Å². The second-order valence-electron chi connectivity index (χ2n) is 8.71. The lowest BCUT2D eigenvalue weighted by Crippen LogP contribution is -2.20. The highest BCUT2D eigenvalue weighted by atomic mass is 16.5. The molecule has 0 unspecified atom stereocenters. The number of nitrogens with one attached hydrogen (secondary N) is 3. The van der Waals surface area contributed by atoms with Crippen molar-refractivity contribution in [3.63, 3.8) is 0 Å². The average Bonchev–Trinajstić information content (AvgIpc) is 3.25. The number of imidazole rings is 1. The summed E-state index contributed by atoms with van der Waals surface area (Å²) < 4.78 is 11.8. The minimum atomic E-state index is -1.24. The average molecular weight is 486 g/mol. The van der Waals surface area contributed by atoms with Crippen LogP contribution in [-0.2, 0) is 5.41 Å². The molecule has 4 aromatic rings. The van der Waals surface area contributed by atoms with Gasteiger partial charge >= 0.3 is 12.0 Å². The Morgan fingerprint density at radius 1 is 1.14 bits per heavy atom. The van der Waals surface area contributed by atoms with E-state index in [2.05, 4.69) is 25.3 Å². The van der Waals surface area contributed by atoms with Crippen LogP contribution in [0.4, 0.5) is 5.69 Å². The van der Waals surface area contributed by atoms with Crippen molar-refractivity contribution < 1.29 is 19.4 Å². The fourth-order valence-corrected chi connectivity index (χ4v) is 3.19. The summed E-state index contributed by atoms with van der Waals surface area (Å²) in [4.78, 5) is 28.2. The molecule has 2 heterocycles. The number of para-hydroxylation sites is 2. The van der Waals surface area contributed by atoms with Crippen LogP contribution in [0.1, 0.15) is 42.5 Å². The van der Waals surface area contributed by atoms with Crippen LogP contribution < -0.4 is 20.5 Å². The molecule has 0 aliphatic carbocycles. The minimum absolute atomic E-state index is 0.0728. The Hall–Kier alpha value is -5.18. The van der Waals surface area contributed by atoms with Gasteiger partial charge in [0.25, 0.3) is 5.88 Å². The standard InChI is InChI=1S/C24H22N8O4/c1-24(2,3)21-29-17-18(30-21)31-23(36-15-7-5-4-6-14(15)28-22(26)27)32-19(17)35-16-10-12(11-25)8-9-13(16)20(33)34/h4-10H,1-3H3,(H,33,34)(H4,26,27,28)(H,29,30,31,32). The molecule has 0 bridgehead atoms. The molecule has 0 saturated carbocycles. The topological polar surface area (TPSA) is 196 Å². The first kappa shape index (κ1) is 24.0. The highest BCUT2D eigenvalue weighted by Gasteiger charge is 2.24. The third-order valence-electron chi connectivity index (χ3n) is 4.91. The Morgan fingerprint density at radius 2 is 1.89 bits per heavy atom. The van der Waals surface area contributed by atoms with E-state index in [0.29, 0.717) is 17.2 Å². The number of benzene rings is 2. The molecule has 12 heteroatoms. The molecule has 0 fully saturated rings. The number of fused-ring (bicyclic) bond motifs is 1. The molecule has 182 valence electrons. The van der Waals surface area contributed by atoms with Crippen LogP contribution in [0.25, 0.3) is 11.2 Å². The van der Waals surface area contributed by atoms with Gasteiger partial charge in [0.05, 0.1) is 17.3 Å². The number of nitrogens with two attached hydrogens (primary N) is 1. The molecule has 12 nitrogen and oxygen atoms in total. The van der Waals surface area contributed by atoms with Crippen LogP contribution in [0.15, 0.2) is 42.5 Å². The molecule has 0 aliphatic heterocycles.